The van der Waals surface area contributed by atoms with Gasteiger partial charge in [-0.3, -0.25) is 4.79 Å². The van der Waals surface area contributed by atoms with E-state index in [0.717, 1.165) is 0 Å². The zero-order valence-corrected chi connectivity index (χ0v) is 7.57. The van der Waals surface area contributed by atoms with Crippen LogP contribution in [0.5, 0.6) is 0 Å². The first-order valence-corrected chi connectivity index (χ1v) is 3.90. The third kappa shape index (κ3) is 0.696. The minimum absolute atomic E-state index is 0.0975. The molecule has 0 saturated heterocycles. The van der Waals surface area contributed by atoms with Crippen LogP contribution in [0.15, 0.2) is 0 Å². The van der Waals surface area contributed by atoms with Crippen LogP contribution in [0, 0.1) is 22.7 Å². The number of nitriles is 1. The Morgan fingerprint density at radius 3 is 2.27 bits per heavy atom. The molecule has 0 unspecified atom stereocenters. The number of alkyl halides is 1. The van der Waals surface area contributed by atoms with Gasteiger partial charge in [0.05, 0.1) is 6.07 Å². The van der Waals surface area contributed by atoms with Gasteiger partial charge in [0.1, 0.15) is 0 Å². The molecule has 0 aromatic rings. The number of hydrogen-bond acceptors (Lipinski definition) is 2. The molecule has 0 bridgehead atoms. The van der Waals surface area contributed by atoms with Gasteiger partial charge in [-0.2, -0.15) is 5.26 Å². The molecule has 0 aliphatic heterocycles. The molecule has 1 fully saturated rings. The normalized spacial score (nSPS) is 41.0. The standard InChI is InChI=1S/C8H10ClNO/c1-5-6(11)8(9,4-10)7(5,2)3/h5H,1-3H3/t5-,8+/m0/s1. The second kappa shape index (κ2) is 1.98. The first kappa shape index (κ1) is 8.55. The van der Waals surface area contributed by atoms with E-state index >= 15 is 0 Å². The second-order valence-electron chi connectivity index (χ2n) is 3.58. The number of Topliss-reactive ketones (excluding diaryl/α,β-unsaturated/α-hetero) is 1. The Kier molecular flexibility index (Phi) is 1.54. The van der Waals surface area contributed by atoms with Gasteiger partial charge in [-0.1, -0.05) is 32.4 Å². The summed E-state index contributed by atoms with van der Waals surface area (Å²) in [4.78, 5) is 9.90. The number of halogens is 1. The Morgan fingerprint density at radius 1 is 1.64 bits per heavy atom. The fourth-order valence-electron chi connectivity index (χ4n) is 1.36. The molecule has 0 aromatic carbocycles. The molecule has 0 heterocycles. The average Bonchev–Trinajstić information content (AvgIpc) is 2.00. The summed E-state index contributed by atoms with van der Waals surface area (Å²) in [5.41, 5.74) is -0.389. The lowest BCUT2D eigenvalue weighted by Gasteiger charge is -2.50. The second-order valence-corrected chi connectivity index (χ2v) is 4.14. The first-order valence-electron chi connectivity index (χ1n) is 3.52. The Morgan fingerprint density at radius 2 is 2.09 bits per heavy atom. The minimum Gasteiger partial charge on any atom is -0.296 e. The van der Waals surface area contributed by atoms with Crippen molar-refractivity contribution in [1.82, 2.24) is 0 Å². The van der Waals surface area contributed by atoms with Gasteiger partial charge in [0.2, 0.25) is 0 Å². The summed E-state index contributed by atoms with van der Waals surface area (Å²) < 4.78 is 0. The van der Waals surface area contributed by atoms with Crippen LogP contribution >= 0.6 is 11.6 Å². The van der Waals surface area contributed by atoms with Gasteiger partial charge in [-0.05, 0) is 0 Å². The Bertz CT molecular complexity index is 253. The Labute approximate surface area is 71.1 Å². The van der Waals surface area contributed by atoms with Crippen LogP contribution in [0.25, 0.3) is 0 Å². The average molecular weight is 172 g/mol. The van der Waals surface area contributed by atoms with E-state index in [2.05, 4.69) is 0 Å². The largest absolute Gasteiger partial charge is 0.296 e. The SMILES string of the molecule is C[C@H]1C(=O)[C@](Cl)(C#N)C1(C)C. The van der Waals surface area contributed by atoms with Gasteiger partial charge in [0.25, 0.3) is 0 Å². The molecular weight excluding hydrogens is 162 g/mol. The maximum atomic E-state index is 11.2. The molecule has 1 saturated carbocycles. The van der Waals surface area contributed by atoms with Crippen molar-refractivity contribution in [2.75, 3.05) is 0 Å². The lowest BCUT2D eigenvalue weighted by molar-refractivity contribution is -0.142. The molecule has 0 spiro atoms. The molecule has 0 amide bonds. The fraction of sp³-hybridized carbons (Fsp3) is 0.750. The molecule has 2 atom stereocenters. The molecule has 3 heteroatoms. The Balaban J connectivity index is 3.05. The highest BCUT2D eigenvalue weighted by molar-refractivity contribution is 6.41. The highest BCUT2D eigenvalue weighted by Gasteiger charge is 2.65. The number of ketones is 1. The predicted molar refractivity (Wildman–Crippen MR) is 42.1 cm³/mol. The topological polar surface area (TPSA) is 40.9 Å². The fourth-order valence-corrected chi connectivity index (χ4v) is 1.69. The Hall–Kier alpha value is -0.550. The predicted octanol–water partition coefficient (Wildman–Crippen LogP) is 1.73. The van der Waals surface area contributed by atoms with Crippen LogP contribution < -0.4 is 0 Å². The van der Waals surface area contributed by atoms with Crippen LogP contribution in [-0.2, 0) is 4.79 Å². The minimum atomic E-state index is -1.27. The lowest BCUT2D eigenvalue weighted by atomic mass is 9.54. The molecule has 11 heavy (non-hydrogen) atoms. The van der Waals surface area contributed by atoms with Crippen molar-refractivity contribution in [1.29, 1.82) is 5.26 Å². The molecule has 1 aliphatic rings. The summed E-state index contributed by atoms with van der Waals surface area (Å²) >= 11 is 5.82. The van der Waals surface area contributed by atoms with Gasteiger partial charge >= 0.3 is 0 Å². The number of carbonyl (C=O) groups excluding carboxylic acids is 1. The number of carbonyl (C=O) groups is 1. The van der Waals surface area contributed by atoms with Crippen molar-refractivity contribution in [3.05, 3.63) is 0 Å². The monoisotopic (exact) mass is 171 g/mol. The highest BCUT2D eigenvalue weighted by Crippen LogP contribution is 2.54. The van der Waals surface area contributed by atoms with Crippen molar-refractivity contribution >= 4 is 17.4 Å². The van der Waals surface area contributed by atoms with E-state index in [1.807, 2.05) is 19.9 Å². The van der Waals surface area contributed by atoms with Crippen molar-refractivity contribution < 1.29 is 4.79 Å². The van der Waals surface area contributed by atoms with Gasteiger partial charge in [-0.25, -0.2) is 0 Å². The molecule has 1 rings (SSSR count). The van der Waals surface area contributed by atoms with Crippen molar-refractivity contribution in [2.24, 2.45) is 11.3 Å². The third-order valence-electron chi connectivity index (χ3n) is 2.86. The summed E-state index contributed by atoms with van der Waals surface area (Å²) in [5.74, 6) is -0.244. The number of rotatable bonds is 0. The molecule has 2 nitrogen and oxygen atoms in total. The summed E-state index contributed by atoms with van der Waals surface area (Å²) in [6.07, 6.45) is 0. The van der Waals surface area contributed by atoms with E-state index in [1.165, 1.54) is 0 Å². The molecular formula is C8H10ClNO. The highest BCUT2D eigenvalue weighted by atomic mass is 35.5. The van der Waals surface area contributed by atoms with Gasteiger partial charge in [0.15, 0.2) is 10.7 Å². The van der Waals surface area contributed by atoms with E-state index < -0.39 is 4.87 Å². The lowest BCUT2D eigenvalue weighted by Crippen LogP contribution is -2.64. The number of hydrogen-bond donors (Lipinski definition) is 0. The zero-order valence-electron chi connectivity index (χ0n) is 6.81. The van der Waals surface area contributed by atoms with Crippen LogP contribution in [0.3, 0.4) is 0 Å². The first-order chi connectivity index (χ1) is 4.88. The summed E-state index contributed by atoms with van der Waals surface area (Å²) in [5, 5.41) is 8.67. The zero-order chi connectivity index (χ0) is 8.86. The van der Waals surface area contributed by atoms with Crippen LogP contribution in [0.1, 0.15) is 20.8 Å². The quantitative estimate of drug-likeness (QED) is 0.521. The van der Waals surface area contributed by atoms with Crippen molar-refractivity contribution in [3.63, 3.8) is 0 Å². The summed E-state index contributed by atoms with van der Waals surface area (Å²) in [7, 11) is 0. The van der Waals surface area contributed by atoms with E-state index in [9.17, 15) is 4.79 Å². The maximum absolute atomic E-state index is 11.2. The molecule has 60 valence electrons. The van der Waals surface area contributed by atoms with E-state index in [0.29, 0.717) is 0 Å². The van der Waals surface area contributed by atoms with E-state index in [4.69, 9.17) is 16.9 Å². The van der Waals surface area contributed by atoms with Crippen molar-refractivity contribution in [2.45, 2.75) is 25.6 Å². The summed E-state index contributed by atoms with van der Waals surface area (Å²) in [6, 6.07) is 1.86. The van der Waals surface area contributed by atoms with Crippen LogP contribution in [0.2, 0.25) is 0 Å². The van der Waals surface area contributed by atoms with E-state index in [1.54, 1.807) is 6.92 Å². The van der Waals surface area contributed by atoms with Crippen LogP contribution in [0.4, 0.5) is 0 Å². The third-order valence-corrected chi connectivity index (χ3v) is 3.62. The van der Waals surface area contributed by atoms with Gasteiger partial charge < -0.3 is 0 Å². The summed E-state index contributed by atoms with van der Waals surface area (Å²) in [6.45, 7) is 5.49. The molecule has 0 aromatic heterocycles. The van der Waals surface area contributed by atoms with Gasteiger partial charge in [0, 0.05) is 11.3 Å². The van der Waals surface area contributed by atoms with Crippen molar-refractivity contribution in [3.8, 4) is 6.07 Å². The molecule has 0 radical (unpaired) electrons. The maximum Gasteiger partial charge on any atom is 0.194 e. The van der Waals surface area contributed by atoms with E-state index in [-0.39, 0.29) is 17.1 Å². The molecule has 1 aliphatic carbocycles. The smallest absolute Gasteiger partial charge is 0.194 e. The molecule has 0 N–H and O–H groups in total. The van der Waals surface area contributed by atoms with Crippen LogP contribution in [-0.4, -0.2) is 10.7 Å². The van der Waals surface area contributed by atoms with Gasteiger partial charge in [-0.15, -0.1) is 0 Å². The number of nitrogens with zero attached hydrogens (tertiary/aromatic N) is 1.